The van der Waals surface area contributed by atoms with Crippen LogP contribution in [0.25, 0.3) is 11.1 Å². The smallest absolute Gasteiger partial charge is 0.268 e. The van der Waals surface area contributed by atoms with Gasteiger partial charge in [-0.05, 0) is 79.3 Å². The van der Waals surface area contributed by atoms with Gasteiger partial charge in [-0.3, -0.25) is 9.59 Å². The Morgan fingerprint density at radius 3 is 2.57 bits per heavy atom. The summed E-state index contributed by atoms with van der Waals surface area (Å²) in [5.74, 6) is 1.18. The van der Waals surface area contributed by atoms with Gasteiger partial charge in [-0.15, -0.1) is 0 Å². The van der Waals surface area contributed by atoms with Gasteiger partial charge < -0.3 is 25.7 Å². The quantitative estimate of drug-likeness (QED) is 0.358. The Morgan fingerprint density at radius 1 is 1.05 bits per heavy atom. The Balaban J connectivity index is 1.20. The zero-order valence-electron chi connectivity index (χ0n) is 21.3. The second kappa shape index (κ2) is 9.34. The molecule has 3 heterocycles. The molecule has 1 aliphatic heterocycles. The van der Waals surface area contributed by atoms with E-state index in [-0.39, 0.29) is 17.7 Å². The van der Waals surface area contributed by atoms with E-state index in [0.29, 0.717) is 28.9 Å². The van der Waals surface area contributed by atoms with Gasteiger partial charge in [0, 0.05) is 44.0 Å². The minimum atomic E-state index is -0.578. The first kappa shape index (κ1) is 23.7. The number of rotatable bonds is 6. The molecule has 2 fully saturated rings. The molecule has 3 N–H and O–H groups in total. The minimum absolute atomic E-state index is 0.145. The molecule has 1 aromatic carbocycles. The van der Waals surface area contributed by atoms with Gasteiger partial charge in [0.1, 0.15) is 11.7 Å². The molecule has 2 aromatic heterocycles. The first-order valence-corrected chi connectivity index (χ1v) is 13.2. The lowest BCUT2D eigenvalue weighted by molar-refractivity contribution is -0.611. The number of hydrogen-bond donors (Lipinski definition) is 3. The maximum absolute atomic E-state index is 13.5. The standard InChI is InChI=1S/C29H33N5O3/c1-17-9-11-34(37)18(2)26(17)19-3-5-23(6-4-19)31-29(36)27(22-14-20-13-21(20)15-22)32-28(35)25-8-7-24-16-30-10-12-33(24)25/h3-9,11,20-22,27,30H,10,12-16H2,1-2H3,(H,31,36)(H,32,35)/t20-,21+,22?,27-/m1/s1. The van der Waals surface area contributed by atoms with Crippen LogP contribution in [0, 0.1) is 36.8 Å². The average molecular weight is 500 g/mol. The molecule has 8 heteroatoms. The van der Waals surface area contributed by atoms with E-state index in [1.165, 1.54) is 12.6 Å². The second-order valence-electron chi connectivity index (χ2n) is 10.8. The van der Waals surface area contributed by atoms with Crippen LogP contribution >= 0.6 is 0 Å². The summed E-state index contributed by atoms with van der Waals surface area (Å²) in [4.78, 5) is 26.9. The van der Waals surface area contributed by atoms with Crippen molar-refractivity contribution in [1.29, 1.82) is 0 Å². The van der Waals surface area contributed by atoms with Crippen LogP contribution in [0.5, 0.6) is 0 Å². The number of pyridine rings is 1. The average Bonchev–Trinajstić information content (AvgIpc) is 3.29. The van der Waals surface area contributed by atoms with E-state index in [0.717, 1.165) is 59.6 Å². The molecule has 1 unspecified atom stereocenters. The first-order chi connectivity index (χ1) is 17.9. The van der Waals surface area contributed by atoms with Crippen LogP contribution in [-0.4, -0.2) is 29.0 Å². The topological polar surface area (TPSA) is 102 Å². The fourth-order valence-corrected chi connectivity index (χ4v) is 6.33. The highest BCUT2D eigenvalue weighted by Crippen LogP contribution is 2.55. The van der Waals surface area contributed by atoms with Crippen LogP contribution < -0.4 is 20.7 Å². The summed E-state index contributed by atoms with van der Waals surface area (Å²) in [6.07, 6.45) is 4.74. The monoisotopic (exact) mass is 499 g/mol. The maximum Gasteiger partial charge on any atom is 0.268 e. The number of hydrogen-bond acceptors (Lipinski definition) is 4. The third-order valence-electron chi connectivity index (χ3n) is 8.43. The number of nitrogens with zero attached hydrogens (tertiary/aromatic N) is 2. The third-order valence-corrected chi connectivity index (χ3v) is 8.43. The Bertz CT molecular complexity index is 1350. The van der Waals surface area contributed by atoms with Crippen LogP contribution in [0.15, 0.2) is 48.7 Å². The van der Waals surface area contributed by atoms with Gasteiger partial charge in [0.15, 0.2) is 11.9 Å². The van der Waals surface area contributed by atoms with Gasteiger partial charge >= 0.3 is 0 Å². The molecule has 2 aliphatic carbocycles. The molecule has 0 bridgehead atoms. The van der Waals surface area contributed by atoms with Gasteiger partial charge in [-0.25, -0.2) is 0 Å². The number of anilines is 1. The Labute approximate surface area is 216 Å². The van der Waals surface area contributed by atoms with E-state index >= 15 is 0 Å². The summed E-state index contributed by atoms with van der Waals surface area (Å²) in [7, 11) is 0. The molecule has 4 atom stereocenters. The largest absolute Gasteiger partial charge is 0.618 e. The number of aryl methyl sites for hydroxylation is 1. The van der Waals surface area contributed by atoms with Crippen molar-refractivity contribution >= 4 is 17.5 Å². The number of nitrogens with one attached hydrogen (secondary N) is 3. The lowest BCUT2D eigenvalue weighted by atomic mass is 9.93. The van der Waals surface area contributed by atoms with E-state index < -0.39 is 6.04 Å². The van der Waals surface area contributed by atoms with Crippen LogP contribution in [0.4, 0.5) is 5.69 Å². The van der Waals surface area contributed by atoms with Crippen LogP contribution in [0.1, 0.15) is 46.7 Å². The lowest BCUT2D eigenvalue weighted by Crippen LogP contribution is -2.49. The van der Waals surface area contributed by atoms with Crippen molar-refractivity contribution in [2.45, 2.75) is 52.2 Å². The highest BCUT2D eigenvalue weighted by Gasteiger charge is 2.49. The Kier molecular flexibility index (Phi) is 5.99. The molecule has 0 radical (unpaired) electrons. The number of carbonyl (C=O) groups excluding carboxylic acids is 2. The zero-order chi connectivity index (χ0) is 25.7. The van der Waals surface area contributed by atoms with Gasteiger partial charge in [0.25, 0.3) is 5.91 Å². The molecule has 37 heavy (non-hydrogen) atoms. The SMILES string of the molecule is Cc1cc[n+]([O-])c(C)c1-c1ccc(NC(=O)[C@H](NC(=O)c2ccc3n2CCNC3)C2C[C@@H]3C[C@@H]3C2)cc1. The fourth-order valence-electron chi connectivity index (χ4n) is 6.33. The molecule has 192 valence electrons. The van der Waals surface area contributed by atoms with E-state index in [4.69, 9.17) is 0 Å². The number of amides is 2. The molecule has 2 saturated carbocycles. The molecule has 0 saturated heterocycles. The first-order valence-electron chi connectivity index (χ1n) is 13.2. The Morgan fingerprint density at radius 2 is 1.81 bits per heavy atom. The predicted octanol–water partition coefficient (Wildman–Crippen LogP) is 3.29. The van der Waals surface area contributed by atoms with Gasteiger partial charge in [0.05, 0.1) is 5.56 Å². The molecule has 8 nitrogen and oxygen atoms in total. The van der Waals surface area contributed by atoms with Crippen LogP contribution in [0.3, 0.4) is 0 Å². The van der Waals surface area contributed by atoms with Gasteiger partial charge in [-0.1, -0.05) is 12.1 Å². The molecule has 3 aliphatic rings. The van der Waals surface area contributed by atoms with Crippen molar-refractivity contribution in [3.05, 3.63) is 76.5 Å². The summed E-state index contributed by atoms with van der Waals surface area (Å²) in [6.45, 7) is 6.11. The van der Waals surface area contributed by atoms with E-state index in [2.05, 4.69) is 16.0 Å². The molecule has 6 rings (SSSR count). The van der Waals surface area contributed by atoms with E-state index in [1.54, 1.807) is 0 Å². The van der Waals surface area contributed by atoms with Gasteiger partial charge in [-0.2, -0.15) is 4.73 Å². The normalized spacial score (nSPS) is 22.6. The predicted molar refractivity (Wildman–Crippen MR) is 141 cm³/mol. The number of fused-ring (bicyclic) bond motifs is 2. The summed E-state index contributed by atoms with van der Waals surface area (Å²) in [5, 5.41) is 21.5. The molecule has 2 amide bonds. The fraction of sp³-hybridized carbons (Fsp3) is 0.414. The third kappa shape index (κ3) is 4.50. The summed E-state index contributed by atoms with van der Waals surface area (Å²) >= 11 is 0. The molecule has 3 aromatic rings. The van der Waals surface area contributed by atoms with Crippen LogP contribution in [-0.2, 0) is 17.9 Å². The van der Waals surface area contributed by atoms with Gasteiger partial charge in [0.2, 0.25) is 5.91 Å². The van der Waals surface area contributed by atoms with Crippen molar-refractivity contribution in [3.8, 4) is 11.1 Å². The van der Waals surface area contributed by atoms with E-state index in [9.17, 15) is 14.8 Å². The maximum atomic E-state index is 13.5. The second-order valence-corrected chi connectivity index (χ2v) is 10.8. The highest BCUT2D eigenvalue weighted by atomic mass is 16.5. The molecular formula is C29H33N5O3. The van der Waals surface area contributed by atoms with Crippen molar-refractivity contribution in [2.24, 2.45) is 17.8 Å². The minimum Gasteiger partial charge on any atom is -0.618 e. The Hall–Kier alpha value is -3.65. The number of benzene rings is 1. The summed E-state index contributed by atoms with van der Waals surface area (Å²) in [5.41, 5.74) is 5.86. The summed E-state index contributed by atoms with van der Waals surface area (Å²) in [6, 6.07) is 12.6. The lowest BCUT2D eigenvalue weighted by Gasteiger charge is -2.26. The van der Waals surface area contributed by atoms with E-state index in [1.807, 2.05) is 60.9 Å². The zero-order valence-corrected chi connectivity index (χ0v) is 21.3. The van der Waals surface area contributed by atoms with Crippen LogP contribution in [0.2, 0.25) is 0 Å². The van der Waals surface area contributed by atoms with Crippen molar-refractivity contribution in [2.75, 3.05) is 11.9 Å². The molecular weight excluding hydrogens is 466 g/mol. The molecule has 0 spiro atoms. The highest BCUT2D eigenvalue weighted by molar-refractivity contribution is 6.01. The number of aromatic nitrogens is 2. The number of carbonyl (C=O) groups is 2. The van der Waals surface area contributed by atoms with Crippen molar-refractivity contribution < 1.29 is 14.3 Å². The van der Waals surface area contributed by atoms with Crippen molar-refractivity contribution in [3.63, 3.8) is 0 Å². The van der Waals surface area contributed by atoms with Crippen molar-refractivity contribution in [1.82, 2.24) is 15.2 Å². The summed E-state index contributed by atoms with van der Waals surface area (Å²) < 4.78 is 2.92.